The van der Waals surface area contributed by atoms with Crippen molar-refractivity contribution in [2.75, 3.05) is 39.3 Å². The molecule has 0 saturated carbocycles. The zero-order valence-electron chi connectivity index (χ0n) is 13.8. The van der Waals surface area contributed by atoms with Crippen LogP contribution in [-0.2, 0) is 17.8 Å². The molecule has 7 heteroatoms. The molecule has 1 aromatic rings. The van der Waals surface area contributed by atoms with E-state index in [9.17, 15) is 9.59 Å². The van der Waals surface area contributed by atoms with Crippen LogP contribution in [0.25, 0.3) is 0 Å². The lowest BCUT2D eigenvalue weighted by Gasteiger charge is -2.33. The molecular formula is C17H23N3O3S. The van der Waals surface area contributed by atoms with Gasteiger partial charge in [0.25, 0.3) is 5.91 Å². The number of nitrogens with one attached hydrogen (secondary N) is 1. The Morgan fingerprint density at radius 2 is 2.17 bits per heavy atom. The molecule has 1 aromatic heterocycles. The number of thiophene rings is 1. The molecule has 0 spiro atoms. The Morgan fingerprint density at radius 1 is 1.33 bits per heavy atom. The van der Waals surface area contributed by atoms with E-state index in [0.717, 1.165) is 63.5 Å². The summed E-state index contributed by atoms with van der Waals surface area (Å²) in [6, 6.07) is 2.07. The van der Waals surface area contributed by atoms with Gasteiger partial charge in [-0.2, -0.15) is 0 Å². The van der Waals surface area contributed by atoms with Crippen LogP contribution in [0.4, 0.5) is 4.79 Å². The van der Waals surface area contributed by atoms with Gasteiger partial charge in [-0.05, 0) is 30.4 Å². The lowest BCUT2D eigenvalue weighted by molar-refractivity contribution is 0.0681. The van der Waals surface area contributed by atoms with E-state index in [-0.39, 0.29) is 11.9 Å². The number of urea groups is 1. The standard InChI is InChI=1S/C17H23N3O3S/c21-16(15-9-13-11-23-8-3-14(13)24-15)19-5-1-12(2-6-19)10-20-7-4-18-17(20)22/h9,12H,1-8,10-11H2,(H,18,22). The largest absolute Gasteiger partial charge is 0.376 e. The third-order valence-electron chi connectivity index (χ3n) is 5.16. The topological polar surface area (TPSA) is 61.9 Å². The summed E-state index contributed by atoms with van der Waals surface area (Å²) in [5, 5.41) is 2.85. The highest BCUT2D eigenvalue weighted by Crippen LogP contribution is 2.29. The second-order valence-corrected chi connectivity index (χ2v) is 7.91. The van der Waals surface area contributed by atoms with Crippen molar-refractivity contribution in [3.8, 4) is 0 Å². The Kier molecular flexibility index (Phi) is 4.45. The number of rotatable bonds is 3. The molecule has 3 aliphatic heterocycles. The average molecular weight is 349 g/mol. The van der Waals surface area contributed by atoms with E-state index in [0.29, 0.717) is 12.5 Å². The lowest BCUT2D eigenvalue weighted by atomic mass is 9.96. The molecule has 24 heavy (non-hydrogen) atoms. The molecular weight excluding hydrogens is 326 g/mol. The van der Waals surface area contributed by atoms with Crippen LogP contribution >= 0.6 is 11.3 Å². The zero-order chi connectivity index (χ0) is 16.5. The van der Waals surface area contributed by atoms with Crippen LogP contribution in [0.3, 0.4) is 0 Å². The van der Waals surface area contributed by atoms with Crippen molar-refractivity contribution >= 4 is 23.3 Å². The van der Waals surface area contributed by atoms with Gasteiger partial charge in [-0.1, -0.05) is 0 Å². The van der Waals surface area contributed by atoms with Crippen molar-refractivity contribution in [1.82, 2.24) is 15.1 Å². The van der Waals surface area contributed by atoms with E-state index in [1.54, 1.807) is 11.3 Å². The van der Waals surface area contributed by atoms with E-state index in [1.807, 2.05) is 15.9 Å². The summed E-state index contributed by atoms with van der Waals surface area (Å²) in [6.07, 6.45) is 2.88. The molecule has 130 valence electrons. The fraction of sp³-hybridized carbons (Fsp3) is 0.647. The Hall–Kier alpha value is -1.60. The van der Waals surface area contributed by atoms with Crippen LogP contribution in [0.15, 0.2) is 6.07 Å². The highest BCUT2D eigenvalue weighted by atomic mass is 32.1. The smallest absolute Gasteiger partial charge is 0.317 e. The van der Waals surface area contributed by atoms with Gasteiger partial charge in [0.1, 0.15) is 0 Å². The van der Waals surface area contributed by atoms with Crippen molar-refractivity contribution < 1.29 is 14.3 Å². The molecule has 4 heterocycles. The number of piperidine rings is 1. The molecule has 0 aromatic carbocycles. The number of nitrogens with zero attached hydrogens (tertiary/aromatic N) is 2. The summed E-state index contributed by atoms with van der Waals surface area (Å²) in [4.78, 5) is 30.4. The summed E-state index contributed by atoms with van der Waals surface area (Å²) >= 11 is 1.63. The van der Waals surface area contributed by atoms with Gasteiger partial charge in [0, 0.05) is 44.0 Å². The number of carbonyl (C=O) groups is 2. The number of hydrogen-bond acceptors (Lipinski definition) is 4. The highest BCUT2D eigenvalue weighted by Gasteiger charge is 2.29. The summed E-state index contributed by atoms with van der Waals surface area (Å²) < 4.78 is 5.46. The molecule has 0 unspecified atom stereocenters. The van der Waals surface area contributed by atoms with Crippen LogP contribution in [0.1, 0.15) is 33.0 Å². The van der Waals surface area contributed by atoms with Crippen molar-refractivity contribution in [1.29, 1.82) is 0 Å². The summed E-state index contributed by atoms with van der Waals surface area (Å²) in [6.45, 7) is 5.36. The fourth-order valence-corrected chi connectivity index (χ4v) is 4.84. The van der Waals surface area contributed by atoms with Gasteiger partial charge in [0.05, 0.1) is 18.1 Å². The van der Waals surface area contributed by atoms with Gasteiger partial charge in [0.15, 0.2) is 0 Å². The minimum Gasteiger partial charge on any atom is -0.376 e. The van der Waals surface area contributed by atoms with Gasteiger partial charge in [-0.3, -0.25) is 4.79 Å². The van der Waals surface area contributed by atoms with Gasteiger partial charge in [0.2, 0.25) is 0 Å². The molecule has 2 fully saturated rings. The minimum atomic E-state index is 0.0555. The molecule has 3 amide bonds. The normalized spacial score (nSPS) is 21.8. The van der Waals surface area contributed by atoms with Gasteiger partial charge >= 0.3 is 6.03 Å². The summed E-state index contributed by atoms with van der Waals surface area (Å²) in [5.74, 6) is 0.662. The van der Waals surface area contributed by atoms with Crippen molar-refractivity contribution in [3.05, 3.63) is 21.4 Å². The number of ether oxygens (including phenoxy) is 1. The number of fused-ring (bicyclic) bond motifs is 1. The Bertz CT molecular complexity index is 614. The minimum absolute atomic E-state index is 0.0555. The van der Waals surface area contributed by atoms with Crippen LogP contribution in [0, 0.1) is 5.92 Å². The van der Waals surface area contributed by atoms with Gasteiger partial charge in [-0.15, -0.1) is 11.3 Å². The van der Waals surface area contributed by atoms with Crippen molar-refractivity contribution in [2.24, 2.45) is 5.92 Å². The first-order chi connectivity index (χ1) is 11.7. The van der Waals surface area contributed by atoms with E-state index < -0.39 is 0 Å². The molecule has 2 saturated heterocycles. The Balaban J connectivity index is 1.32. The Morgan fingerprint density at radius 3 is 2.88 bits per heavy atom. The van der Waals surface area contributed by atoms with Crippen molar-refractivity contribution in [3.63, 3.8) is 0 Å². The first kappa shape index (κ1) is 15.9. The number of amides is 3. The highest BCUT2D eigenvalue weighted by molar-refractivity contribution is 7.14. The average Bonchev–Trinajstić information content (AvgIpc) is 3.21. The van der Waals surface area contributed by atoms with Crippen LogP contribution < -0.4 is 5.32 Å². The summed E-state index contributed by atoms with van der Waals surface area (Å²) in [5.41, 5.74) is 1.18. The second kappa shape index (κ2) is 6.72. The maximum absolute atomic E-state index is 12.7. The van der Waals surface area contributed by atoms with E-state index >= 15 is 0 Å². The second-order valence-electron chi connectivity index (χ2n) is 6.78. The third kappa shape index (κ3) is 3.15. The van der Waals surface area contributed by atoms with Gasteiger partial charge < -0.3 is 19.9 Å². The molecule has 6 nitrogen and oxygen atoms in total. The lowest BCUT2D eigenvalue weighted by Crippen LogP contribution is -2.42. The predicted octanol–water partition coefficient (Wildman–Crippen LogP) is 1.70. The van der Waals surface area contributed by atoms with E-state index in [4.69, 9.17) is 4.74 Å². The molecule has 4 rings (SSSR count). The fourth-order valence-electron chi connectivity index (χ4n) is 3.72. The first-order valence-electron chi connectivity index (χ1n) is 8.72. The van der Waals surface area contributed by atoms with Crippen molar-refractivity contribution in [2.45, 2.75) is 25.9 Å². The maximum Gasteiger partial charge on any atom is 0.317 e. The SMILES string of the molecule is O=C1NCCN1CC1CCN(C(=O)c2cc3c(s2)CCOC3)CC1. The third-order valence-corrected chi connectivity index (χ3v) is 6.39. The monoisotopic (exact) mass is 349 g/mol. The van der Waals surface area contributed by atoms with E-state index in [2.05, 4.69) is 5.32 Å². The molecule has 0 radical (unpaired) electrons. The number of carbonyl (C=O) groups excluding carboxylic acids is 2. The molecule has 1 N–H and O–H groups in total. The van der Waals surface area contributed by atoms with Crippen LogP contribution in [-0.4, -0.2) is 61.1 Å². The quantitative estimate of drug-likeness (QED) is 0.903. The number of likely N-dealkylation sites (tertiary alicyclic amines) is 1. The van der Waals surface area contributed by atoms with Crippen LogP contribution in [0.2, 0.25) is 0 Å². The maximum atomic E-state index is 12.7. The Labute approximate surface area is 145 Å². The molecule has 0 aliphatic carbocycles. The summed E-state index contributed by atoms with van der Waals surface area (Å²) in [7, 11) is 0. The zero-order valence-corrected chi connectivity index (χ0v) is 14.6. The molecule has 0 bridgehead atoms. The number of hydrogen-bond donors (Lipinski definition) is 1. The van der Waals surface area contributed by atoms with Crippen LogP contribution in [0.5, 0.6) is 0 Å². The molecule has 3 aliphatic rings. The van der Waals surface area contributed by atoms with Gasteiger partial charge in [-0.25, -0.2) is 4.79 Å². The first-order valence-corrected chi connectivity index (χ1v) is 9.54. The molecule has 0 atom stereocenters. The predicted molar refractivity (Wildman–Crippen MR) is 91.3 cm³/mol. The van der Waals surface area contributed by atoms with E-state index in [1.165, 1.54) is 10.4 Å².